The van der Waals surface area contributed by atoms with E-state index in [1.807, 2.05) is 42.5 Å². The predicted octanol–water partition coefficient (Wildman–Crippen LogP) is 4.83. The van der Waals surface area contributed by atoms with Gasteiger partial charge in [-0.15, -0.1) is 0 Å². The van der Waals surface area contributed by atoms with Gasteiger partial charge in [0.1, 0.15) is 5.82 Å². The highest BCUT2D eigenvalue weighted by atomic mass is 32.2. The monoisotopic (exact) mass is 419 g/mol. The maximum atomic E-state index is 13.4. The number of carbonyl (C=O) groups is 1. The van der Waals surface area contributed by atoms with Gasteiger partial charge in [0.05, 0.1) is 11.1 Å². The quantitative estimate of drug-likeness (QED) is 0.601. The molecule has 154 valence electrons. The number of rotatable bonds is 5. The largest absolute Gasteiger partial charge is 0.768 e. The fraction of sp³-hybridized carbons (Fsp3) is 0.250. The number of carbonyl (C=O) groups excluding carboxylic acids is 1. The summed E-state index contributed by atoms with van der Waals surface area (Å²) < 4.78 is 22.1. The van der Waals surface area contributed by atoms with Gasteiger partial charge in [0, 0.05) is 10.5 Å². The van der Waals surface area contributed by atoms with Gasteiger partial charge in [-0.3, -0.25) is 9.00 Å². The molecule has 3 aromatic rings. The van der Waals surface area contributed by atoms with E-state index in [0.717, 1.165) is 43.2 Å². The van der Waals surface area contributed by atoms with Crippen LogP contribution >= 0.6 is 0 Å². The third-order valence-electron chi connectivity index (χ3n) is 5.80. The van der Waals surface area contributed by atoms with Crippen LogP contribution in [-0.4, -0.2) is 19.7 Å². The molecular formula is C24H23N2O3S-. The normalized spacial score (nSPS) is 16.6. The van der Waals surface area contributed by atoms with Crippen molar-refractivity contribution in [3.63, 3.8) is 0 Å². The molecule has 0 radical (unpaired) electrons. The van der Waals surface area contributed by atoms with Gasteiger partial charge in [-0.25, -0.2) is 4.98 Å². The molecule has 30 heavy (non-hydrogen) atoms. The van der Waals surface area contributed by atoms with Crippen LogP contribution < -0.4 is 5.32 Å². The van der Waals surface area contributed by atoms with E-state index < -0.39 is 16.5 Å². The molecule has 1 unspecified atom stereocenters. The third-order valence-corrected chi connectivity index (χ3v) is 6.46. The maximum Gasteiger partial charge on any atom is 0.236 e. The second kappa shape index (κ2) is 8.90. The molecule has 1 amide bonds. The summed E-state index contributed by atoms with van der Waals surface area (Å²) >= 11 is -2.26. The second-order valence-corrected chi connectivity index (χ2v) is 8.57. The highest BCUT2D eigenvalue weighted by Crippen LogP contribution is 2.40. The Labute approximate surface area is 178 Å². The Hall–Kier alpha value is -2.83. The van der Waals surface area contributed by atoms with Crippen molar-refractivity contribution in [3.05, 3.63) is 78.4 Å². The van der Waals surface area contributed by atoms with Gasteiger partial charge in [0.2, 0.25) is 5.91 Å². The lowest BCUT2D eigenvalue weighted by Crippen LogP contribution is -2.42. The Morgan fingerprint density at radius 2 is 1.60 bits per heavy atom. The zero-order valence-electron chi connectivity index (χ0n) is 16.5. The lowest BCUT2D eigenvalue weighted by atomic mass is 9.68. The molecule has 0 spiro atoms. The molecule has 0 aliphatic heterocycles. The molecule has 1 atom stereocenters. The fourth-order valence-electron chi connectivity index (χ4n) is 4.20. The molecule has 0 saturated heterocycles. The van der Waals surface area contributed by atoms with E-state index in [1.165, 1.54) is 12.1 Å². The molecule has 0 bridgehead atoms. The van der Waals surface area contributed by atoms with Crippen LogP contribution in [0, 0.1) is 0 Å². The van der Waals surface area contributed by atoms with Gasteiger partial charge in [-0.1, -0.05) is 67.8 Å². The number of anilines is 1. The first kappa shape index (κ1) is 20.4. The number of hydrogen-bond donors (Lipinski definition) is 1. The minimum atomic E-state index is -2.26. The van der Waals surface area contributed by atoms with Crippen molar-refractivity contribution < 1.29 is 13.6 Å². The first-order chi connectivity index (χ1) is 14.6. The highest BCUT2D eigenvalue weighted by molar-refractivity contribution is 7.79. The average Bonchev–Trinajstić information content (AvgIpc) is 2.80. The van der Waals surface area contributed by atoms with Gasteiger partial charge >= 0.3 is 0 Å². The molecule has 4 rings (SSSR count). The fourth-order valence-corrected chi connectivity index (χ4v) is 4.56. The molecular weight excluding hydrogens is 396 g/mol. The predicted molar refractivity (Wildman–Crippen MR) is 117 cm³/mol. The topological polar surface area (TPSA) is 82.1 Å². The van der Waals surface area contributed by atoms with E-state index in [1.54, 1.807) is 18.2 Å². The van der Waals surface area contributed by atoms with Crippen LogP contribution in [0.1, 0.15) is 37.7 Å². The minimum absolute atomic E-state index is 0.0184. The Morgan fingerprint density at radius 3 is 2.27 bits per heavy atom. The van der Waals surface area contributed by atoms with E-state index in [4.69, 9.17) is 0 Å². The smallest absolute Gasteiger partial charge is 0.236 e. The van der Waals surface area contributed by atoms with Crippen molar-refractivity contribution in [2.75, 3.05) is 5.32 Å². The summed E-state index contributed by atoms with van der Waals surface area (Å²) in [4.78, 5) is 18.3. The van der Waals surface area contributed by atoms with E-state index in [2.05, 4.69) is 10.3 Å². The number of pyridine rings is 1. The van der Waals surface area contributed by atoms with Crippen LogP contribution in [-0.2, 0) is 21.3 Å². The lowest BCUT2D eigenvalue weighted by Gasteiger charge is -2.36. The minimum Gasteiger partial charge on any atom is -0.768 e. The van der Waals surface area contributed by atoms with Crippen molar-refractivity contribution >= 4 is 22.8 Å². The Balaban J connectivity index is 1.59. The summed E-state index contributed by atoms with van der Waals surface area (Å²) in [6.45, 7) is 0. The number of amides is 1. The Kier molecular flexibility index (Phi) is 6.06. The molecule has 6 heteroatoms. The van der Waals surface area contributed by atoms with Crippen LogP contribution in [0.4, 0.5) is 5.82 Å². The average molecular weight is 420 g/mol. The first-order valence-corrected chi connectivity index (χ1v) is 11.2. The molecule has 1 heterocycles. The van der Waals surface area contributed by atoms with Crippen molar-refractivity contribution in [2.45, 2.75) is 42.4 Å². The van der Waals surface area contributed by atoms with Crippen LogP contribution in [0.15, 0.2) is 77.7 Å². The third kappa shape index (κ3) is 4.20. The van der Waals surface area contributed by atoms with Crippen LogP contribution in [0.5, 0.6) is 0 Å². The summed E-state index contributed by atoms with van der Waals surface area (Å²) in [7, 11) is 0. The lowest BCUT2D eigenvalue weighted by molar-refractivity contribution is -0.122. The van der Waals surface area contributed by atoms with Crippen molar-refractivity contribution in [2.24, 2.45) is 0 Å². The number of aromatic nitrogens is 1. The molecule has 1 N–H and O–H groups in total. The molecule has 1 fully saturated rings. The van der Waals surface area contributed by atoms with Gasteiger partial charge < -0.3 is 9.87 Å². The molecule has 1 aromatic heterocycles. The molecule has 1 aliphatic rings. The van der Waals surface area contributed by atoms with Crippen LogP contribution in [0.2, 0.25) is 0 Å². The highest BCUT2D eigenvalue weighted by Gasteiger charge is 2.41. The van der Waals surface area contributed by atoms with Gasteiger partial charge in [-0.2, -0.15) is 0 Å². The summed E-state index contributed by atoms with van der Waals surface area (Å²) in [6, 6.07) is 22.0. The number of nitrogens with zero attached hydrogens (tertiary/aromatic N) is 1. The standard InChI is InChI=1S/C24H24N2O3S/c27-23(24(16-5-2-6-17-24)19-8-3-1-4-9-19)26-22-11-7-10-21(25-22)18-12-14-20(15-13-18)30(28)29/h1,3-4,7-15H,2,5-6,16-17H2,(H,28,29)(H,25,26,27)/p-1. The zero-order valence-corrected chi connectivity index (χ0v) is 17.4. The van der Waals surface area contributed by atoms with E-state index in [9.17, 15) is 13.6 Å². The first-order valence-electron chi connectivity index (χ1n) is 10.1. The SMILES string of the molecule is O=C(Nc1cccc(-c2ccc(S(=O)[O-])cc2)n1)C1(c2ccccc2)CCCCC1. The summed E-state index contributed by atoms with van der Waals surface area (Å²) in [6.07, 6.45) is 4.87. The van der Waals surface area contributed by atoms with Crippen LogP contribution in [0.25, 0.3) is 11.3 Å². The molecule has 1 saturated carbocycles. The summed E-state index contributed by atoms with van der Waals surface area (Å²) in [5.74, 6) is 0.477. The van der Waals surface area contributed by atoms with E-state index >= 15 is 0 Å². The van der Waals surface area contributed by atoms with E-state index in [0.29, 0.717) is 11.5 Å². The Bertz CT molecular complexity index is 1050. The Morgan fingerprint density at radius 1 is 0.900 bits per heavy atom. The van der Waals surface area contributed by atoms with Gasteiger partial charge in [-0.05, 0) is 53.8 Å². The number of benzene rings is 2. The second-order valence-electron chi connectivity index (χ2n) is 7.63. The van der Waals surface area contributed by atoms with Crippen molar-refractivity contribution in [3.8, 4) is 11.3 Å². The van der Waals surface area contributed by atoms with Gasteiger partial charge in [0.25, 0.3) is 0 Å². The van der Waals surface area contributed by atoms with Crippen LogP contribution in [0.3, 0.4) is 0 Å². The van der Waals surface area contributed by atoms with Crippen molar-refractivity contribution in [1.82, 2.24) is 4.98 Å². The molecule has 1 aliphatic carbocycles. The summed E-state index contributed by atoms with van der Waals surface area (Å²) in [5.41, 5.74) is 1.99. The molecule has 2 aromatic carbocycles. The van der Waals surface area contributed by atoms with Gasteiger partial charge in [0.15, 0.2) is 0 Å². The maximum absolute atomic E-state index is 13.4. The number of nitrogens with one attached hydrogen (secondary N) is 1. The zero-order chi connectivity index (χ0) is 21.0. The summed E-state index contributed by atoms with van der Waals surface area (Å²) in [5, 5.41) is 3.04. The van der Waals surface area contributed by atoms with Crippen molar-refractivity contribution in [1.29, 1.82) is 0 Å². The van der Waals surface area contributed by atoms with E-state index in [-0.39, 0.29) is 10.8 Å². The number of hydrogen-bond acceptors (Lipinski definition) is 4. The molecule has 5 nitrogen and oxygen atoms in total.